The Labute approximate surface area is 99.9 Å². The third kappa shape index (κ3) is 3.59. The van der Waals surface area contributed by atoms with E-state index in [-0.39, 0.29) is 6.42 Å². The van der Waals surface area contributed by atoms with Gasteiger partial charge in [0.2, 0.25) is 0 Å². The molecule has 0 aliphatic heterocycles. The quantitative estimate of drug-likeness (QED) is 0.674. The summed E-state index contributed by atoms with van der Waals surface area (Å²) in [6.45, 7) is 3.24. The van der Waals surface area contributed by atoms with Crippen molar-refractivity contribution >= 4 is 11.9 Å². The van der Waals surface area contributed by atoms with Crippen LogP contribution in [0.25, 0.3) is 0 Å². The molecule has 0 spiro atoms. The molecule has 4 nitrogen and oxygen atoms in total. The second-order valence-electron chi connectivity index (χ2n) is 4.22. The van der Waals surface area contributed by atoms with Crippen LogP contribution in [0, 0.1) is 18.8 Å². The summed E-state index contributed by atoms with van der Waals surface area (Å²) in [4.78, 5) is 21.6. The van der Waals surface area contributed by atoms with Gasteiger partial charge in [0, 0.05) is 23.8 Å². The second kappa shape index (κ2) is 5.48. The van der Waals surface area contributed by atoms with Gasteiger partial charge < -0.3 is 19.8 Å². The highest BCUT2D eigenvalue weighted by Gasteiger charge is 2.19. The molecule has 2 unspecified atom stereocenters. The van der Waals surface area contributed by atoms with Crippen molar-refractivity contribution in [2.45, 2.75) is 20.3 Å². The summed E-state index contributed by atoms with van der Waals surface area (Å²) in [5.41, 5.74) is 1.84. The van der Waals surface area contributed by atoms with E-state index < -0.39 is 23.8 Å². The first-order valence-corrected chi connectivity index (χ1v) is 5.39. The van der Waals surface area contributed by atoms with E-state index in [0.717, 1.165) is 11.1 Å². The van der Waals surface area contributed by atoms with Gasteiger partial charge in [-0.2, -0.15) is 0 Å². The largest absolute Gasteiger partial charge is 0.550 e. The number of aliphatic carboxylic acids is 2. The van der Waals surface area contributed by atoms with Gasteiger partial charge in [-0.25, -0.2) is 0 Å². The van der Waals surface area contributed by atoms with Gasteiger partial charge in [-0.15, -0.1) is 0 Å². The Hall–Kier alpha value is -1.84. The smallest absolute Gasteiger partial charge is 0.0455 e. The molecule has 0 aliphatic rings. The van der Waals surface area contributed by atoms with Crippen molar-refractivity contribution < 1.29 is 19.8 Å². The molecule has 0 amide bonds. The third-order valence-electron chi connectivity index (χ3n) is 2.85. The maximum atomic E-state index is 10.9. The molecule has 1 aromatic rings. The first-order valence-electron chi connectivity index (χ1n) is 5.39. The van der Waals surface area contributed by atoms with Crippen molar-refractivity contribution in [2.75, 3.05) is 0 Å². The Morgan fingerprint density at radius 1 is 1.12 bits per heavy atom. The number of rotatable bonds is 5. The number of carboxylic acid groups (broad SMARTS) is 2. The average Bonchev–Trinajstić information content (AvgIpc) is 2.26. The third-order valence-corrected chi connectivity index (χ3v) is 2.85. The number of carboxylic acids is 2. The van der Waals surface area contributed by atoms with E-state index in [1.165, 1.54) is 6.92 Å². The van der Waals surface area contributed by atoms with Gasteiger partial charge in [-0.3, -0.25) is 0 Å². The van der Waals surface area contributed by atoms with Crippen molar-refractivity contribution in [3.63, 3.8) is 0 Å². The summed E-state index contributed by atoms with van der Waals surface area (Å²) < 4.78 is 0. The summed E-state index contributed by atoms with van der Waals surface area (Å²) in [5, 5.41) is 21.6. The van der Waals surface area contributed by atoms with Crippen LogP contribution in [0.3, 0.4) is 0 Å². The number of carbonyl (C=O) groups is 2. The van der Waals surface area contributed by atoms with Crippen LogP contribution < -0.4 is 10.2 Å². The van der Waals surface area contributed by atoms with E-state index in [9.17, 15) is 19.8 Å². The molecule has 2 atom stereocenters. The van der Waals surface area contributed by atoms with Crippen LogP contribution in [-0.4, -0.2) is 11.9 Å². The lowest BCUT2D eigenvalue weighted by atomic mass is 9.88. The van der Waals surface area contributed by atoms with E-state index in [4.69, 9.17) is 0 Å². The lowest BCUT2D eigenvalue weighted by molar-refractivity contribution is -0.326. The fourth-order valence-electron chi connectivity index (χ4n) is 1.61. The Bertz CT molecular complexity index is 408. The zero-order valence-corrected chi connectivity index (χ0v) is 9.80. The molecule has 0 heterocycles. The van der Waals surface area contributed by atoms with E-state index in [0.29, 0.717) is 0 Å². The summed E-state index contributed by atoms with van der Waals surface area (Å²) >= 11 is 0. The monoisotopic (exact) mass is 234 g/mol. The van der Waals surface area contributed by atoms with Gasteiger partial charge in [-0.1, -0.05) is 36.8 Å². The van der Waals surface area contributed by atoms with Crippen LogP contribution in [0.5, 0.6) is 0 Å². The molecule has 92 valence electrons. The normalized spacial score (nSPS) is 14.0. The lowest BCUT2D eigenvalue weighted by Crippen LogP contribution is -2.43. The molecular weight excluding hydrogens is 220 g/mol. The zero-order chi connectivity index (χ0) is 13.0. The molecule has 1 rings (SSSR count). The highest BCUT2D eigenvalue weighted by Crippen LogP contribution is 2.17. The van der Waals surface area contributed by atoms with Crippen molar-refractivity contribution in [2.24, 2.45) is 11.8 Å². The summed E-state index contributed by atoms with van der Waals surface area (Å²) in [7, 11) is 0. The minimum atomic E-state index is -1.37. The Morgan fingerprint density at radius 3 is 2.06 bits per heavy atom. The van der Waals surface area contributed by atoms with Gasteiger partial charge in [0.15, 0.2) is 0 Å². The SMILES string of the molecule is Cc1ccc(CC(C(=O)[O-])C(C)C(=O)[O-])cc1. The van der Waals surface area contributed by atoms with E-state index >= 15 is 0 Å². The average molecular weight is 234 g/mol. The van der Waals surface area contributed by atoms with E-state index in [1.807, 2.05) is 19.1 Å². The summed E-state index contributed by atoms with van der Waals surface area (Å²) in [6, 6.07) is 7.28. The van der Waals surface area contributed by atoms with Gasteiger partial charge in [0.05, 0.1) is 0 Å². The Balaban J connectivity index is 2.84. The number of hydrogen-bond acceptors (Lipinski definition) is 4. The minimum absolute atomic E-state index is 0.137. The van der Waals surface area contributed by atoms with Gasteiger partial charge >= 0.3 is 0 Å². The minimum Gasteiger partial charge on any atom is -0.550 e. The van der Waals surface area contributed by atoms with E-state index in [1.54, 1.807) is 12.1 Å². The molecule has 17 heavy (non-hydrogen) atoms. The molecule has 0 saturated heterocycles. The van der Waals surface area contributed by atoms with Crippen LogP contribution in [0.4, 0.5) is 0 Å². The summed E-state index contributed by atoms with van der Waals surface area (Å²) in [5.74, 6) is -4.86. The number of hydrogen-bond donors (Lipinski definition) is 0. The fraction of sp³-hybridized carbons (Fsp3) is 0.385. The second-order valence-corrected chi connectivity index (χ2v) is 4.22. The molecule has 0 aromatic heterocycles. The van der Waals surface area contributed by atoms with Gasteiger partial charge in [0.1, 0.15) is 0 Å². The van der Waals surface area contributed by atoms with E-state index in [2.05, 4.69) is 0 Å². The first kappa shape index (κ1) is 13.2. The molecular formula is C13H14O4-2. The van der Waals surface area contributed by atoms with Crippen molar-refractivity contribution in [1.82, 2.24) is 0 Å². The van der Waals surface area contributed by atoms with Crippen molar-refractivity contribution in [3.8, 4) is 0 Å². The maximum Gasteiger partial charge on any atom is 0.0455 e. The standard InChI is InChI=1S/C13H16O4/c1-8-3-5-10(6-4-8)7-11(13(16)17)9(2)12(14)15/h3-6,9,11H,7H2,1-2H3,(H,14,15)(H,16,17)/p-2. The fourth-order valence-corrected chi connectivity index (χ4v) is 1.61. The number of aryl methyl sites for hydroxylation is 1. The topological polar surface area (TPSA) is 80.3 Å². The molecule has 0 saturated carbocycles. The molecule has 1 aromatic carbocycles. The summed E-state index contributed by atoms with van der Waals surface area (Å²) in [6.07, 6.45) is 0.137. The highest BCUT2D eigenvalue weighted by molar-refractivity contribution is 5.77. The van der Waals surface area contributed by atoms with Gasteiger partial charge in [-0.05, 0) is 18.9 Å². The molecule has 0 aliphatic carbocycles. The zero-order valence-electron chi connectivity index (χ0n) is 9.80. The van der Waals surface area contributed by atoms with Crippen LogP contribution in [-0.2, 0) is 16.0 Å². The first-order chi connectivity index (χ1) is 7.91. The van der Waals surface area contributed by atoms with Crippen LogP contribution in [0.1, 0.15) is 18.1 Å². The Morgan fingerprint density at radius 2 is 1.65 bits per heavy atom. The van der Waals surface area contributed by atoms with Crippen LogP contribution in [0.2, 0.25) is 0 Å². The predicted molar refractivity (Wildman–Crippen MR) is 57.6 cm³/mol. The molecule has 0 bridgehead atoms. The lowest BCUT2D eigenvalue weighted by Gasteiger charge is -2.25. The van der Waals surface area contributed by atoms with Crippen LogP contribution >= 0.6 is 0 Å². The highest BCUT2D eigenvalue weighted by atomic mass is 16.4. The molecule has 4 heteroatoms. The number of carbonyl (C=O) groups excluding carboxylic acids is 2. The van der Waals surface area contributed by atoms with Crippen molar-refractivity contribution in [3.05, 3.63) is 35.4 Å². The van der Waals surface area contributed by atoms with Crippen molar-refractivity contribution in [1.29, 1.82) is 0 Å². The number of benzene rings is 1. The molecule has 0 radical (unpaired) electrons. The predicted octanol–water partition coefficient (Wildman–Crippen LogP) is -0.710. The molecule has 0 N–H and O–H groups in total. The molecule has 0 fully saturated rings. The van der Waals surface area contributed by atoms with Crippen LogP contribution in [0.15, 0.2) is 24.3 Å². The Kier molecular flexibility index (Phi) is 4.26. The van der Waals surface area contributed by atoms with Gasteiger partial charge in [0.25, 0.3) is 0 Å². The maximum absolute atomic E-state index is 10.9.